The van der Waals surface area contributed by atoms with E-state index in [-0.39, 0.29) is 12.5 Å². The zero-order valence-electron chi connectivity index (χ0n) is 37.8. The van der Waals surface area contributed by atoms with Crippen molar-refractivity contribution in [2.75, 3.05) is 6.61 Å². The van der Waals surface area contributed by atoms with Gasteiger partial charge in [-0.05, 0) is 64.2 Å². The van der Waals surface area contributed by atoms with Crippen LogP contribution in [0.15, 0.2) is 72.9 Å². The Morgan fingerprint density at radius 2 is 0.772 bits per heavy atom. The van der Waals surface area contributed by atoms with Crippen molar-refractivity contribution in [3.63, 3.8) is 0 Å². The van der Waals surface area contributed by atoms with Crippen LogP contribution in [0.3, 0.4) is 0 Å². The van der Waals surface area contributed by atoms with Crippen LogP contribution in [-0.4, -0.2) is 34.9 Å². The predicted molar refractivity (Wildman–Crippen MR) is 253 cm³/mol. The minimum absolute atomic E-state index is 0.0564. The first-order chi connectivity index (χ1) is 28.2. The molecule has 0 aromatic rings. The standard InChI is InChI=1S/C53H95NO3/c1-3-5-7-9-11-13-15-17-19-21-23-25-27-29-31-33-35-37-39-41-43-45-47-49-53(57)54-51(50-55)52(56)48-46-44-42-40-38-36-34-32-30-28-26-24-22-20-18-16-14-12-10-8-6-4-2/h5,7,11,13,17,19,23,25,29,31,35,37,51-52,55-56H,3-4,6,8-10,12,14-16,18,20-22,24,26-28,30,32-34,36,38-50H2,1-2H3,(H,54,57)/b7-5-,13-11-,19-17-,25-23-,31-29-,37-35-. The maximum absolute atomic E-state index is 12.4. The van der Waals surface area contributed by atoms with Crippen molar-refractivity contribution in [2.45, 2.75) is 251 Å². The van der Waals surface area contributed by atoms with E-state index in [1.165, 1.54) is 128 Å². The second-order valence-corrected chi connectivity index (χ2v) is 16.5. The smallest absolute Gasteiger partial charge is 0.220 e. The summed E-state index contributed by atoms with van der Waals surface area (Å²) < 4.78 is 0. The number of hydrogen-bond acceptors (Lipinski definition) is 3. The van der Waals surface area contributed by atoms with E-state index < -0.39 is 12.1 Å². The molecule has 0 aliphatic heterocycles. The molecule has 0 fully saturated rings. The third-order valence-corrected chi connectivity index (χ3v) is 11.0. The molecule has 0 aromatic carbocycles. The summed E-state index contributed by atoms with van der Waals surface area (Å²) in [5, 5.41) is 23.3. The molecule has 0 spiro atoms. The van der Waals surface area contributed by atoms with Gasteiger partial charge < -0.3 is 15.5 Å². The monoisotopic (exact) mass is 794 g/mol. The van der Waals surface area contributed by atoms with Gasteiger partial charge in [0.2, 0.25) is 5.91 Å². The fourth-order valence-corrected chi connectivity index (χ4v) is 7.25. The third kappa shape index (κ3) is 44.8. The average molecular weight is 794 g/mol. The summed E-state index contributed by atoms with van der Waals surface area (Å²) in [6, 6.07) is -0.555. The van der Waals surface area contributed by atoms with Crippen molar-refractivity contribution in [3.8, 4) is 0 Å². The molecule has 0 heterocycles. The van der Waals surface area contributed by atoms with E-state index in [4.69, 9.17) is 0 Å². The normalized spacial score (nSPS) is 13.5. The van der Waals surface area contributed by atoms with E-state index in [2.05, 4.69) is 92.1 Å². The Labute approximate surface area is 355 Å². The van der Waals surface area contributed by atoms with Crippen LogP contribution in [0, 0.1) is 0 Å². The first-order valence-electron chi connectivity index (χ1n) is 24.6. The molecule has 57 heavy (non-hydrogen) atoms. The lowest BCUT2D eigenvalue weighted by atomic mass is 10.0. The number of carbonyl (C=O) groups excluding carboxylic acids is 1. The van der Waals surface area contributed by atoms with Crippen LogP contribution in [0.25, 0.3) is 0 Å². The minimum Gasteiger partial charge on any atom is -0.394 e. The summed E-state index contributed by atoms with van der Waals surface area (Å²) in [7, 11) is 0. The number of allylic oxidation sites excluding steroid dienone is 12. The van der Waals surface area contributed by atoms with Crippen LogP contribution in [0.1, 0.15) is 239 Å². The molecule has 4 heteroatoms. The van der Waals surface area contributed by atoms with Gasteiger partial charge in [0.1, 0.15) is 0 Å². The SMILES string of the molecule is CC/C=C\C/C=C\C/C=C\C/C=C\C/C=C\C/C=C\CCCCCCC(=O)NC(CO)C(O)CCCCCCCCCCCCCCCCCCCCCCCC. The molecule has 3 N–H and O–H groups in total. The number of hydrogen-bond donors (Lipinski definition) is 3. The lowest BCUT2D eigenvalue weighted by molar-refractivity contribution is -0.123. The van der Waals surface area contributed by atoms with Crippen LogP contribution in [0.5, 0.6) is 0 Å². The van der Waals surface area contributed by atoms with Crippen molar-refractivity contribution < 1.29 is 15.0 Å². The van der Waals surface area contributed by atoms with Gasteiger partial charge in [-0.25, -0.2) is 0 Å². The number of rotatable bonds is 44. The summed E-state index contributed by atoms with van der Waals surface area (Å²) in [4.78, 5) is 12.4. The third-order valence-electron chi connectivity index (χ3n) is 11.0. The van der Waals surface area contributed by atoms with Gasteiger partial charge >= 0.3 is 0 Å². The minimum atomic E-state index is -0.676. The summed E-state index contributed by atoms with van der Waals surface area (Å²) >= 11 is 0. The van der Waals surface area contributed by atoms with Gasteiger partial charge in [0, 0.05) is 6.42 Å². The molecule has 1 amide bonds. The Bertz CT molecular complexity index is 992. The maximum Gasteiger partial charge on any atom is 0.220 e. The summed E-state index contributed by atoms with van der Waals surface area (Å²) in [5.41, 5.74) is 0. The van der Waals surface area contributed by atoms with Crippen LogP contribution in [0.2, 0.25) is 0 Å². The molecule has 0 radical (unpaired) electrons. The first kappa shape index (κ1) is 54.8. The van der Waals surface area contributed by atoms with Gasteiger partial charge in [0.05, 0.1) is 18.8 Å². The van der Waals surface area contributed by atoms with E-state index in [1.54, 1.807) is 0 Å². The Balaban J connectivity index is 3.58. The largest absolute Gasteiger partial charge is 0.394 e. The first-order valence-corrected chi connectivity index (χ1v) is 24.6. The molecular formula is C53H95NO3. The van der Waals surface area contributed by atoms with Crippen LogP contribution in [-0.2, 0) is 4.79 Å². The summed E-state index contributed by atoms with van der Waals surface area (Å²) in [6.07, 6.45) is 68.5. The van der Waals surface area contributed by atoms with Crippen molar-refractivity contribution in [3.05, 3.63) is 72.9 Å². The lowest BCUT2D eigenvalue weighted by Crippen LogP contribution is -2.45. The van der Waals surface area contributed by atoms with Gasteiger partial charge in [-0.2, -0.15) is 0 Å². The molecule has 330 valence electrons. The fourth-order valence-electron chi connectivity index (χ4n) is 7.25. The molecule has 0 rings (SSSR count). The molecule has 4 nitrogen and oxygen atoms in total. The van der Waals surface area contributed by atoms with E-state index in [9.17, 15) is 15.0 Å². The summed E-state index contributed by atoms with van der Waals surface area (Å²) in [6.45, 7) is 4.24. The maximum atomic E-state index is 12.4. The zero-order valence-corrected chi connectivity index (χ0v) is 37.8. The van der Waals surface area contributed by atoms with Gasteiger partial charge in [-0.1, -0.05) is 241 Å². The van der Waals surface area contributed by atoms with E-state index in [0.29, 0.717) is 12.8 Å². The zero-order chi connectivity index (χ0) is 41.4. The number of aliphatic hydroxyl groups is 2. The van der Waals surface area contributed by atoms with Crippen LogP contribution in [0.4, 0.5) is 0 Å². The molecule has 0 aliphatic rings. The topological polar surface area (TPSA) is 69.6 Å². The highest BCUT2D eigenvalue weighted by Gasteiger charge is 2.20. The lowest BCUT2D eigenvalue weighted by Gasteiger charge is -2.22. The average Bonchev–Trinajstić information content (AvgIpc) is 3.22. The molecule has 0 aromatic heterocycles. The van der Waals surface area contributed by atoms with Gasteiger partial charge in [-0.3, -0.25) is 4.79 Å². The Morgan fingerprint density at radius 1 is 0.439 bits per heavy atom. The fraction of sp³-hybridized carbons (Fsp3) is 0.755. The molecule has 0 bridgehead atoms. The second kappa shape index (κ2) is 48.2. The molecule has 0 aliphatic carbocycles. The van der Waals surface area contributed by atoms with Gasteiger partial charge in [0.25, 0.3) is 0 Å². The Morgan fingerprint density at radius 3 is 1.16 bits per heavy atom. The van der Waals surface area contributed by atoms with Crippen LogP contribution >= 0.6 is 0 Å². The van der Waals surface area contributed by atoms with Gasteiger partial charge in [0.15, 0.2) is 0 Å². The number of amides is 1. The van der Waals surface area contributed by atoms with E-state index in [0.717, 1.165) is 83.5 Å². The number of aliphatic hydroxyl groups excluding tert-OH is 2. The van der Waals surface area contributed by atoms with Crippen molar-refractivity contribution in [2.24, 2.45) is 0 Å². The molecule has 2 unspecified atom stereocenters. The Hall–Kier alpha value is -2.17. The quantitative estimate of drug-likeness (QED) is 0.0425. The molecule has 2 atom stereocenters. The predicted octanol–water partition coefficient (Wildman–Crippen LogP) is 15.9. The van der Waals surface area contributed by atoms with Crippen molar-refractivity contribution in [1.82, 2.24) is 5.32 Å². The molecular weight excluding hydrogens is 699 g/mol. The highest BCUT2D eigenvalue weighted by atomic mass is 16.3. The second-order valence-electron chi connectivity index (χ2n) is 16.5. The van der Waals surface area contributed by atoms with E-state index in [1.807, 2.05) is 0 Å². The van der Waals surface area contributed by atoms with E-state index >= 15 is 0 Å². The Kier molecular flexibility index (Phi) is 46.4. The van der Waals surface area contributed by atoms with Gasteiger partial charge in [-0.15, -0.1) is 0 Å². The highest BCUT2D eigenvalue weighted by molar-refractivity contribution is 5.76. The molecule has 0 saturated carbocycles. The number of nitrogens with one attached hydrogen (secondary N) is 1. The van der Waals surface area contributed by atoms with Crippen molar-refractivity contribution >= 4 is 5.91 Å². The van der Waals surface area contributed by atoms with Crippen LogP contribution < -0.4 is 5.32 Å². The number of unbranched alkanes of at least 4 members (excludes halogenated alkanes) is 25. The number of carbonyl (C=O) groups is 1. The summed E-state index contributed by atoms with van der Waals surface area (Å²) in [5.74, 6) is -0.0564. The highest BCUT2D eigenvalue weighted by Crippen LogP contribution is 2.16. The molecule has 0 saturated heterocycles. The van der Waals surface area contributed by atoms with Crippen molar-refractivity contribution in [1.29, 1.82) is 0 Å².